The van der Waals surface area contributed by atoms with Gasteiger partial charge in [0.25, 0.3) is 0 Å². The van der Waals surface area contributed by atoms with Gasteiger partial charge in [0.15, 0.2) is 5.67 Å². The number of carbonyl (C=O) groups is 1. The van der Waals surface area contributed by atoms with Gasteiger partial charge in [0.05, 0.1) is 18.4 Å². The van der Waals surface area contributed by atoms with Gasteiger partial charge in [-0.3, -0.25) is 4.79 Å². The van der Waals surface area contributed by atoms with E-state index in [1.807, 2.05) is 32.9 Å². The number of rotatable bonds is 9. The molecule has 0 radical (unpaired) electrons. The molecule has 236 valence electrons. The van der Waals surface area contributed by atoms with Crippen molar-refractivity contribution in [2.45, 2.75) is 57.8 Å². The zero-order valence-corrected chi connectivity index (χ0v) is 26.5. The number of pyridine rings is 1. The lowest BCUT2D eigenvalue weighted by Crippen LogP contribution is -2.57. The van der Waals surface area contributed by atoms with Crippen LogP contribution in [0.5, 0.6) is 0 Å². The summed E-state index contributed by atoms with van der Waals surface area (Å²) in [6.45, 7) is 12.1. The van der Waals surface area contributed by atoms with Gasteiger partial charge in [0, 0.05) is 60.5 Å². The van der Waals surface area contributed by atoms with Gasteiger partial charge in [-0.2, -0.15) is 4.98 Å². The number of amides is 1. The molecular weight excluding hydrogens is 585 g/mol. The van der Waals surface area contributed by atoms with Crippen molar-refractivity contribution >= 4 is 55.5 Å². The lowest BCUT2D eigenvalue weighted by atomic mass is 9.88. The van der Waals surface area contributed by atoms with E-state index in [-0.39, 0.29) is 42.5 Å². The van der Waals surface area contributed by atoms with E-state index in [4.69, 9.17) is 0 Å². The highest BCUT2D eigenvalue weighted by Gasteiger charge is 2.40. The quantitative estimate of drug-likeness (QED) is 0.297. The Balaban J connectivity index is 1.52. The summed E-state index contributed by atoms with van der Waals surface area (Å²) in [5.74, 6) is 1.14. The molecule has 44 heavy (non-hydrogen) atoms. The van der Waals surface area contributed by atoms with Gasteiger partial charge < -0.3 is 25.5 Å². The number of aromatic nitrogens is 3. The van der Waals surface area contributed by atoms with Crippen molar-refractivity contribution in [3.05, 3.63) is 48.8 Å². The van der Waals surface area contributed by atoms with Crippen molar-refractivity contribution in [1.82, 2.24) is 15.0 Å². The van der Waals surface area contributed by atoms with E-state index in [2.05, 4.69) is 37.1 Å². The van der Waals surface area contributed by atoms with E-state index in [0.29, 0.717) is 36.4 Å². The van der Waals surface area contributed by atoms with Crippen molar-refractivity contribution in [3.63, 3.8) is 0 Å². The van der Waals surface area contributed by atoms with Crippen LogP contribution in [0, 0.1) is 5.92 Å². The maximum atomic E-state index is 14.8. The van der Waals surface area contributed by atoms with Crippen LogP contribution < -0.4 is 20.4 Å². The van der Waals surface area contributed by atoms with Crippen molar-refractivity contribution in [1.29, 1.82) is 0 Å². The van der Waals surface area contributed by atoms with Crippen LogP contribution in [-0.2, 0) is 14.6 Å². The third-order valence-electron chi connectivity index (χ3n) is 8.54. The molecule has 4 heterocycles. The molecule has 0 unspecified atom stereocenters. The second kappa shape index (κ2) is 11.9. The fourth-order valence-corrected chi connectivity index (χ4v) is 7.29. The van der Waals surface area contributed by atoms with Gasteiger partial charge in [-0.05, 0) is 61.4 Å². The predicted molar refractivity (Wildman–Crippen MR) is 172 cm³/mol. The first kappa shape index (κ1) is 31.6. The number of sulfone groups is 1. The average Bonchev–Trinajstić information content (AvgIpc) is 2.95. The lowest BCUT2D eigenvalue weighted by molar-refractivity contribution is -0.111. The second-order valence-corrected chi connectivity index (χ2v) is 14.6. The van der Waals surface area contributed by atoms with Gasteiger partial charge in [-0.1, -0.05) is 20.4 Å². The summed E-state index contributed by atoms with van der Waals surface area (Å²) in [6.07, 6.45) is 5.08. The van der Waals surface area contributed by atoms with Crippen molar-refractivity contribution < 1.29 is 22.7 Å². The van der Waals surface area contributed by atoms with Crippen LogP contribution in [-0.4, -0.2) is 83.8 Å². The summed E-state index contributed by atoms with van der Waals surface area (Å²) in [7, 11) is -3.12. The molecule has 4 atom stereocenters. The summed E-state index contributed by atoms with van der Waals surface area (Å²) in [5, 5.41) is 18.0. The van der Waals surface area contributed by atoms with Gasteiger partial charge in [-0.15, -0.1) is 0 Å². The normalized spacial score (nSPS) is 23.9. The Morgan fingerprint density at radius 1 is 1.27 bits per heavy atom. The van der Waals surface area contributed by atoms with Crippen LogP contribution in [0.3, 0.4) is 0 Å². The van der Waals surface area contributed by atoms with E-state index in [1.165, 1.54) is 19.3 Å². The van der Waals surface area contributed by atoms with E-state index in [0.717, 1.165) is 22.0 Å². The van der Waals surface area contributed by atoms with Crippen molar-refractivity contribution in [2.75, 3.05) is 52.1 Å². The molecule has 3 N–H and O–H groups in total. The number of fused-ring (bicyclic) bond motifs is 1. The summed E-state index contributed by atoms with van der Waals surface area (Å²) in [6, 6.07) is 5.52. The van der Waals surface area contributed by atoms with Gasteiger partial charge >= 0.3 is 0 Å². The molecule has 0 saturated carbocycles. The summed E-state index contributed by atoms with van der Waals surface area (Å²) in [4.78, 5) is 29.9. The molecule has 0 bridgehead atoms. The Hall–Kier alpha value is -3.84. The molecule has 2 aliphatic heterocycles. The van der Waals surface area contributed by atoms with Crippen LogP contribution in [0.2, 0.25) is 0 Å². The predicted octanol–water partition coefficient (Wildman–Crippen LogP) is 4.18. The fourth-order valence-electron chi connectivity index (χ4n) is 6.13. The van der Waals surface area contributed by atoms with E-state index >= 15 is 0 Å². The monoisotopic (exact) mass is 625 g/mol. The number of benzene rings is 1. The first-order valence-electron chi connectivity index (χ1n) is 14.7. The topological polar surface area (TPSA) is 141 Å². The molecule has 5 rings (SSSR count). The van der Waals surface area contributed by atoms with Crippen LogP contribution >= 0.6 is 0 Å². The van der Waals surface area contributed by atoms with Gasteiger partial charge in [-0.25, -0.2) is 22.8 Å². The van der Waals surface area contributed by atoms with Crippen LogP contribution in [0.1, 0.15) is 45.6 Å². The molecule has 2 aliphatic rings. The van der Waals surface area contributed by atoms with Crippen LogP contribution in [0.4, 0.5) is 33.3 Å². The average molecular weight is 626 g/mol. The molecule has 2 saturated heterocycles. The second-order valence-electron chi connectivity index (χ2n) is 12.4. The Kier molecular flexibility index (Phi) is 8.56. The Bertz CT molecular complexity index is 1700. The maximum absolute atomic E-state index is 14.8. The minimum absolute atomic E-state index is 0.00432. The van der Waals surface area contributed by atoms with E-state index in [9.17, 15) is 22.7 Å². The molecule has 11 nitrogen and oxygen atoms in total. The Labute approximate surface area is 257 Å². The summed E-state index contributed by atoms with van der Waals surface area (Å²) >= 11 is 0. The molecule has 13 heteroatoms. The number of hydrogen-bond acceptors (Lipinski definition) is 10. The smallest absolute Gasteiger partial charge is 0.247 e. The number of aliphatic hydroxyl groups is 1. The summed E-state index contributed by atoms with van der Waals surface area (Å²) in [5.41, 5.74) is 0.649. The zero-order chi connectivity index (χ0) is 32.0. The minimum atomic E-state index is -3.12. The SMILES string of the molecule is C=CC(=O)Nc1cc(N2C[C@H](CS(C)(=O)=O)[C@H]2C)c2cnc(Nc3ccnc(N4CC[C@@H](O)[C@@](C)(F)C4)n3)cc2c1C(C)C. The van der Waals surface area contributed by atoms with Crippen molar-refractivity contribution in [3.8, 4) is 0 Å². The summed E-state index contributed by atoms with van der Waals surface area (Å²) < 4.78 is 38.8. The lowest BCUT2D eigenvalue weighted by Gasteiger charge is -2.48. The molecule has 0 aliphatic carbocycles. The molecule has 2 aromatic heterocycles. The van der Waals surface area contributed by atoms with Crippen molar-refractivity contribution in [2.24, 2.45) is 5.92 Å². The molecular formula is C31H40FN7O4S. The maximum Gasteiger partial charge on any atom is 0.247 e. The Morgan fingerprint density at radius 3 is 2.66 bits per heavy atom. The first-order chi connectivity index (χ1) is 20.7. The van der Waals surface area contributed by atoms with Gasteiger partial charge in [0.2, 0.25) is 11.9 Å². The highest BCUT2D eigenvalue weighted by atomic mass is 32.2. The van der Waals surface area contributed by atoms with Crippen LogP contribution in [0.25, 0.3) is 10.8 Å². The van der Waals surface area contributed by atoms with E-state index < -0.39 is 21.6 Å². The molecule has 1 amide bonds. The highest BCUT2D eigenvalue weighted by molar-refractivity contribution is 7.90. The van der Waals surface area contributed by atoms with Gasteiger partial charge in [0.1, 0.15) is 21.5 Å². The third kappa shape index (κ3) is 6.48. The fraction of sp³-hybridized carbons (Fsp3) is 0.484. The number of carbonyl (C=O) groups excluding carboxylic acids is 1. The number of nitrogens with one attached hydrogen (secondary N) is 2. The van der Waals surface area contributed by atoms with E-state index in [1.54, 1.807) is 23.4 Å². The standard InChI is InChI=1S/C31H40FN7O4S/c1-7-28(41)35-23-13-24(39-15-20(19(39)4)16-44(6,42)43)22-14-34-27(12-21(22)29(23)18(2)3)36-26-8-10-33-30(37-26)38-11-9-25(40)31(5,32)17-38/h7-8,10,12-14,18-20,25,40H,1,9,11,15-17H2,2-6H3,(H,35,41)(H,33,34,36,37)/t19-,20-,25-,31+/m1/s1. The third-order valence-corrected chi connectivity index (χ3v) is 9.58. The Morgan fingerprint density at radius 2 is 2.02 bits per heavy atom. The number of nitrogens with zero attached hydrogens (tertiary/aromatic N) is 5. The number of halogens is 1. The zero-order valence-electron chi connectivity index (χ0n) is 25.7. The first-order valence-corrected chi connectivity index (χ1v) is 16.8. The molecule has 0 spiro atoms. The number of anilines is 5. The molecule has 2 fully saturated rings. The molecule has 3 aromatic rings. The largest absolute Gasteiger partial charge is 0.390 e. The number of alkyl halides is 1. The number of aliphatic hydroxyl groups excluding tert-OH is 1. The highest BCUT2D eigenvalue weighted by Crippen LogP contribution is 2.43. The number of hydrogen-bond donors (Lipinski definition) is 3. The van der Waals surface area contributed by atoms with Crippen LogP contribution in [0.15, 0.2) is 43.2 Å². The molecule has 1 aromatic carbocycles. The number of piperidine rings is 1. The minimum Gasteiger partial charge on any atom is -0.390 e.